The van der Waals surface area contributed by atoms with Gasteiger partial charge in [0, 0.05) is 18.4 Å². The van der Waals surface area contributed by atoms with Crippen LogP contribution in [-0.4, -0.2) is 10.7 Å². The van der Waals surface area contributed by atoms with Crippen LogP contribution in [-0.2, 0) is 12.8 Å². The van der Waals surface area contributed by atoms with Crippen molar-refractivity contribution >= 4 is 0 Å². The van der Waals surface area contributed by atoms with Crippen LogP contribution in [0.4, 0.5) is 0 Å². The Labute approximate surface area is 120 Å². The third-order valence-electron chi connectivity index (χ3n) is 3.75. The van der Waals surface area contributed by atoms with E-state index in [4.69, 9.17) is 4.74 Å². The van der Waals surface area contributed by atoms with E-state index >= 15 is 0 Å². The van der Waals surface area contributed by atoms with E-state index in [9.17, 15) is 5.11 Å². The van der Waals surface area contributed by atoms with Crippen LogP contribution in [0.3, 0.4) is 0 Å². The molecule has 104 valence electrons. The van der Waals surface area contributed by atoms with Gasteiger partial charge in [-0.3, -0.25) is 0 Å². The van der Waals surface area contributed by atoms with Gasteiger partial charge in [-0.2, -0.15) is 0 Å². The minimum atomic E-state index is -0.527. The Morgan fingerprint density at radius 1 is 1.10 bits per heavy atom. The minimum absolute atomic E-state index is 0.176. The van der Waals surface area contributed by atoms with E-state index in [0.29, 0.717) is 6.42 Å². The summed E-state index contributed by atoms with van der Waals surface area (Å²) in [6.07, 6.45) is 0.983. The standard InChI is InChI=1S/C18H20O2/c1-18(2)12-14-9-6-10-15(17(14)20-18)16(19)11-13-7-4-3-5-8-13/h3-10,16,19H,11-12H2,1-2H3. The highest BCUT2D eigenvalue weighted by molar-refractivity contribution is 5.47. The van der Waals surface area contributed by atoms with Crippen molar-refractivity contribution in [1.82, 2.24) is 0 Å². The summed E-state index contributed by atoms with van der Waals surface area (Å²) in [5.41, 5.74) is 3.05. The summed E-state index contributed by atoms with van der Waals surface area (Å²) < 4.78 is 6.02. The van der Waals surface area contributed by atoms with E-state index in [1.807, 2.05) is 42.5 Å². The molecule has 0 bridgehead atoms. The van der Waals surface area contributed by atoms with Crippen molar-refractivity contribution in [3.8, 4) is 5.75 Å². The predicted octanol–water partition coefficient (Wildman–Crippen LogP) is 3.68. The molecule has 0 saturated heterocycles. The second kappa shape index (κ2) is 4.95. The molecule has 0 spiro atoms. The monoisotopic (exact) mass is 268 g/mol. The maximum atomic E-state index is 10.5. The van der Waals surface area contributed by atoms with E-state index < -0.39 is 6.10 Å². The number of rotatable bonds is 3. The molecule has 0 amide bonds. The number of hydrogen-bond acceptors (Lipinski definition) is 2. The molecule has 20 heavy (non-hydrogen) atoms. The van der Waals surface area contributed by atoms with Crippen molar-refractivity contribution in [1.29, 1.82) is 0 Å². The number of benzene rings is 2. The molecular formula is C18H20O2. The summed E-state index contributed by atoms with van der Waals surface area (Å²) in [5, 5.41) is 10.5. The first kappa shape index (κ1) is 13.2. The van der Waals surface area contributed by atoms with Gasteiger partial charge >= 0.3 is 0 Å². The van der Waals surface area contributed by atoms with E-state index in [1.165, 1.54) is 5.56 Å². The molecule has 2 aromatic rings. The third kappa shape index (κ3) is 2.56. The topological polar surface area (TPSA) is 29.5 Å². The van der Waals surface area contributed by atoms with Crippen LogP contribution >= 0.6 is 0 Å². The summed E-state index contributed by atoms with van der Waals surface area (Å²) in [6, 6.07) is 16.1. The van der Waals surface area contributed by atoms with E-state index in [1.54, 1.807) is 0 Å². The lowest BCUT2D eigenvalue weighted by molar-refractivity contribution is 0.126. The van der Waals surface area contributed by atoms with Gasteiger partial charge in [0.25, 0.3) is 0 Å². The Bertz CT molecular complexity index is 602. The Hall–Kier alpha value is -1.80. The number of hydrogen-bond donors (Lipinski definition) is 1. The second-order valence-corrected chi connectivity index (χ2v) is 6.08. The highest BCUT2D eigenvalue weighted by Crippen LogP contribution is 2.40. The molecule has 0 saturated carbocycles. The van der Waals surface area contributed by atoms with Crippen molar-refractivity contribution in [3.05, 3.63) is 65.2 Å². The fourth-order valence-electron chi connectivity index (χ4n) is 2.85. The Balaban J connectivity index is 1.87. The molecule has 0 fully saturated rings. The van der Waals surface area contributed by atoms with Crippen LogP contribution in [0.5, 0.6) is 5.75 Å². The van der Waals surface area contributed by atoms with Gasteiger partial charge in [-0.15, -0.1) is 0 Å². The molecule has 1 aliphatic heterocycles. The number of aliphatic hydroxyl groups is 1. The van der Waals surface area contributed by atoms with Crippen LogP contribution in [0.25, 0.3) is 0 Å². The van der Waals surface area contributed by atoms with Crippen molar-refractivity contribution < 1.29 is 9.84 Å². The summed E-state index contributed by atoms with van der Waals surface area (Å²) >= 11 is 0. The maximum Gasteiger partial charge on any atom is 0.129 e. The first-order valence-electron chi connectivity index (χ1n) is 7.08. The lowest BCUT2D eigenvalue weighted by Gasteiger charge is -2.20. The van der Waals surface area contributed by atoms with Crippen molar-refractivity contribution in [2.24, 2.45) is 0 Å². The normalized spacial score (nSPS) is 17.4. The molecular weight excluding hydrogens is 248 g/mol. The average Bonchev–Trinajstić information content (AvgIpc) is 2.73. The van der Waals surface area contributed by atoms with Crippen LogP contribution < -0.4 is 4.74 Å². The van der Waals surface area contributed by atoms with Gasteiger partial charge in [0.05, 0.1) is 6.10 Å². The zero-order chi connectivity index (χ0) is 14.2. The molecule has 1 N–H and O–H groups in total. The smallest absolute Gasteiger partial charge is 0.129 e. The number of para-hydroxylation sites is 1. The van der Waals surface area contributed by atoms with Gasteiger partial charge in [-0.1, -0.05) is 48.5 Å². The van der Waals surface area contributed by atoms with Crippen LogP contribution in [0, 0.1) is 0 Å². The van der Waals surface area contributed by atoms with Gasteiger partial charge < -0.3 is 9.84 Å². The van der Waals surface area contributed by atoms with Gasteiger partial charge in [0.2, 0.25) is 0 Å². The van der Waals surface area contributed by atoms with Gasteiger partial charge in [0.15, 0.2) is 0 Å². The average molecular weight is 268 g/mol. The molecule has 1 heterocycles. The Morgan fingerprint density at radius 3 is 2.60 bits per heavy atom. The van der Waals surface area contributed by atoms with Crippen molar-refractivity contribution in [2.45, 2.75) is 38.4 Å². The van der Waals surface area contributed by atoms with E-state index in [-0.39, 0.29) is 5.60 Å². The molecule has 1 atom stereocenters. The number of aliphatic hydroxyl groups excluding tert-OH is 1. The lowest BCUT2D eigenvalue weighted by atomic mass is 9.96. The summed E-state index contributed by atoms with van der Waals surface area (Å²) in [7, 11) is 0. The third-order valence-corrected chi connectivity index (χ3v) is 3.75. The SMILES string of the molecule is CC1(C)Cc2cccc(C(O)Cc3ccccc3)c2O1. The molecule has 2 nitrogen and oxygen atoms in total. The van der Waals surface area contributed by atoms with Crippen molar-refractivity contribution in [2.75, 3.05) is 0 Å². The molecule has 2 heteroatoms. The van der Waals surface area contributed by atoms with Crippen LogP contribution in [0.2, 0.25) is 0 Å². The van der Waals surface area contributed by atoms with Gasteiger partial charge in [-0.25, -0.2) is 0 Å². The summed E-state index contributed by atoms with van der Waals surface area (Å²) in [4.78, 5) is 0. The predicted molar refractivity (Wildman–Crippen MR) is 80.0 cm³/mol. The van der Waals surface area contributed by atoms with Crippen LogP contribution in [0.1, 0.15) is 36.6 Å². The molecule has 1 aliphatic rings. The molecule has 0 aromatic heterocycles. The lowest BCUT2D eigenvalue weighted by Crippen LogP contribution is -2.25. The fraction of sp³-hybridized carbons (Fsp3) is 0.333. The molecule has 1 unspecified atom stereocenters. The minimum Gasteiger partial charge on any atom is -0.487 e. The van der Waals surface area contributed by atoms with Crippen LogP contribution in [0.15, 0.2) is 48.5 Å². The van der Waals surface area contributed by atoms with E-state index in [0.717, 1.165) is 23.3 Å². The maximum absolute atomic E-state index is 10.5. The molecule has 3 rings (SSSR count). The van der Waals surface area contributed by atoms with Gasteiger partial charge in [0.1, 0.15) is 11.4 Å². The number of fused-ring (bicyclic) bond motifs is 1. The number of ether oxygens (including phenoxy) is 1. The zero-order valence-corrected chi connectivity index (χ0v) is 12.0. The largest absolute Gasteiger partial charge is 0.487 e. The Kier molecular flexibility index (Phi) is 3.27. The van der Waals surface area contributed by atoms with Crippen molar-refractivity contribution in [3.63, 3.8) is 0 Å². The Morgan fingerprint density at radius 2 is 1.85 bits per heavy atom. The summed E-state index contributed by atoms with van der Waals surface area (Å²) in [6.45, 7) is 4.17. The highest BCUT2D eigenvalue weighted by Gasteiger charge is 2.32. The fourth-order valence-corrected chi connectivity index (χ4v) is 2.85. The molecule has 2 aromatic carbocycles. The second-order valence-electron chi connectivity index (χ2n) is 6.08. The van der Waals surface area contributed by atoms with E-state index in [2.05, 4.69) is 19.9 Å². The molecule has 0 aliphatic carbocycles. The van der Waals surface area contributed by atoms with Gasteiger partial charge in [-0.05, 0) is 25.0 Å². The molecule has 0 radical (unpaired) electrons. The zero-order valence-electron chi connectivity index (χ0n) is 12.0. The summed E-state index contributed by atoms with van der Waals surface area (Å²) in [5.74, 6) is 0.876. The first-order chi connectivity index (χ1) is 9.55. The first-order valence-corrected chi connectivity index (χ1v) is 7.08. The highest BCUT2D eigenvalue weighted by atomic mass is 16.5. The quantitative estimate of drug-likeness (QED) is 0.920.